The number of halogens is 1. The van der Waals surface area contributed by atoms with E-state index in [2.05, 4.69) is 26.7 Å². The van der Waals surface area contributed by atoms with Crippen LogP contribution in [-0.2, 0) is 9.53 Å². The Morgan fingerprint density at radius 3 is 2.82 bits per heavy atom. The summed E-state index contributed by atoms with van der Waals surface area (Å²) in [5, 5.41) is 0. The van der Waals surface area contributed by atoms with Crippen LogP contribution >= 0.6 is 15.9 Å². The number of carbonyl (C=O) groups excluding carboxylic acids is 1. The van der Waals surface area contributed by atoms with Crippen LogP contribution in [0.3, 0.4) is 0 Å². The Balaban J connectivity index is 3.69. The summed E-state index contributed by atoms with van der Waals surface area (Å²) in [7, 11) is 0. The van der Waals surface area contributed by atoms with E-state index >= 15 is 0 Å². The molecular formula is C8H11BrO2. The molecule has 0 radical (unpaired) electrons. The average molecular weight is 219 g/mol. The lowest BCUT2D eigenvalue weighted by molar-refractivity contribution is -0.147. The van der Waals surface area contributed by atoms with E-state index in [1.165, 1.54) is 0 Å². The van der Waals surface area contributed by atoms with E-state index in [0.717, 1.165) is 0 Å². The zero-order valence-electron chi connectivity index (χ0n) is 6.69. The zero-order chi connectivity index (χ0) is 8.69. The molecule has 0 fully saturated rings. The van der Waals surface area contributed by atoms with Crippen LogP contribution in [0.1, 0.15) is 20.3 Å². The van der Waals surface area contributed by atoms with E-state index in [0.29, 0.717) is 13.0 Å². The molecular weight excluding hydrogens is 208 g/mol. The number of hydrogen-bond acceptors (Lipinski definition) is 2. The van der Waals surface area contributed by atoms with E-state index in [4.69, 9.17) is 4.74 Å². The molecule has 0 aromatic heterocycles. The van der Waals surface area contributed by atoms with Gasteiger partial charge < -0.3 is 4.74 Å². The number of esters is 1. The summed E-state index contributed by atoms with van der Waals surface area (Å²) in [5.74, 6) is 2.45. The monoisotopic (exact) mass is 218 g/mol. The zero-order valence-corrected chi connectivity index (χ0v) is 8.27. The molecule has 0 aromatic carbocycles. The Bertz CT molecular complexity index is 178. The molecule has 0 heterocycles. The lowest BCUT2D eigenvalue weighted by atomic mass is 10.1. The standard InChI is InChI=1S/C8H11BrO2/c1-3-11-8(10)7(2)5-4-6-9/h7H,3,5H2,1-2H3. The second-order valence-electron chi connectivity index (χ2n) is 2.13. The van der Waals surface area contributed by atoms with Gasteiger partial charge in [0.2, 0.25) is 0 Å². The molecule has 2 nitrogen and oxygen atoms in total. The van der Waals surface area contributed by atoms with Gasteiger partial charge in [0.15, 0.2) is 0 Å². The Morgan fingerprint density at radius 1 is 1.73 bits per heavy atom. The topological polar surface area (TPSA) is 26.3 Å². The number of carbonyl (C=O) groups is 1. The Labute approximate surface area is 75.4 Å². The minimum Gasteiger partial charge on any atom is -0.466 e. The van der Waals surface area contributed by atoms with E-state index in [9.17, 15) is 4.79 Å². The van der Waals surface area contributed by atoms with Crippen LogP contribution in [0.25, 0.3) is 0 Å². The van der Waals surface area contributed by atoms with Gasteiger partial charge in [-0.25, -0.2) is 0 Å². The lowest BCUT2D eigenvalue weighted by Crippen LogP contribution is -2.13. The molecule has 3 heteroatoms. The summed E-state index contributed by atoms with van der Waals surface area (Å²) in [6, 6.07) is 0. The van der Waals surface area contributed by atoms with Crippen molar-refractivity contribution in [3.8, 4) is 10.8 Å². The van der Waals surface area contributed by atoms with Gasteiger partial charge in [0.25, 0.3) is 0 Å². The molecule has 11 heavy (non-hydrogen) atoms. The van der Waals surface area contributed by atoms with Crippen molar-refractivity contribution in [3.05, 3.63) is 0 Å². The summed E-state index contributed by atoms with van der Waals surface area (Å²) in [5.41, 5.74) is 0. The highest BCUT2D eigenvalue weighted by atomic mass is 79.9. The Kier molecular flexibility index (Phi) is 5.96. The normalized spacial score (nSPS) is 11.2. The summed E-state index contributed by atoms with van der Waals surface area (Å²) >= 11 is 2.95. The van der Waals surface area contributed by atoms with Gasteiger partial charge in [-0.2, -0.15) is 0 Å². The second kappa shape index (κ2) is 6.23. The second-order valence-corrected chi connectivity index (χ2v) is 2.52. The molecule has 62 valence electrons. The maximum Gasteiger partial charge on any atom is 0.309 e. The fourth-order valence-electron chi connectivity index (χ4n) is 0.560. The lowest BCUT2D eigenvalue weighted by Gasteiger charge is -2.05. The predicted octanol–water partition coefficient (Wildman–Crippen LogP) is 1.93. The van der Waals surface area contributed by atoms with Crippen LogP contribution in [0, 0.1) is 16.7 Å². The minimum absolute atomic E-state index is 0.125. The largest absolute Gasteiger partial charge is 0.466 e. The minimum atomic E-state index is -0.178. The summed E-state index contributed by atoms with van der Waals surface area (Å²) < 4.78 is 4.78. The highest BCUT2D eigenvalue weighted by Crippen LogP contribution is 2.02. The van der Waals surface area contributed by atoms with E-state index in [1.54, 1.807) is 13.8 Å². The fraction of sp³-hybridized carbons (Fsp3) is 0.625. The maximum absolute atomic E-state index is 10.9. The molecule has 0 saturated heterocycles. The van der Waals surface area contributed by atoms with Crippen LogP contribution in [0.2, 0.25) is 0 Å². The van der Waals surface area contributed by atoms with Crippen molar-refractivity contribution in [1.29, 1.82) is 0 Å². The Hall–Kier alpha value is -0.490. The summed E-state index contributed by atoms with van der Waals surface area (Å²) in [6.45, 7) is 4.03. The highest BCUT2D eigenvalue weighted by molar-refractivity contribution is 9.12. The van der Waals surface area contributed by atoms with E-state index in [1.807, 2.05) is 0 Å². The summed E-state index contributed by atoms with van der Waals surface area (Å²) in [6.07, 6.45) is 0.546. The van der Waals surface area contributed by atoms with Crippen molar-refractivity contribution in [2.24, 2.45) is 5.92 Å². The van der Waals surface area contributed by atoms with Gasteiger partial charge >= 0.3 is 5.97 Å². The first kappa shape index (κ1) is 10.5. The van der Waals surface area contributed by atoms with E-state index in [-0.39, 0.29) is 11.9 Å². The first-order chi connectivity index (χ1) is 5.22. The van der Waals surface area contributed by atoms with Crippen molar-refractivity contribution < 1.29 is 9.53 Å². The van der Waals surface area contributed by atoms with Gasteiger partial charge in [-0.05, 0) is 11.8 Å². The molecule has 0 aromatic rings. The van der Waals surface area contributed by atoms with Crippen LogP contribution in [0.4, 0.5) is 0 Å². The SMILES string of the molecule is CCOC(=O)C(C)CC#CBr. The molecule has 0 saturated carbocycles. The molecule has 0 aliphatic heterocycles. The van der Waals surface area contributed by atoms with Gasteiger partial charge in [0.1, 0.15) is 0 Å². The van der Waals surface area contributed by atoms with Gasteiger partial charge in [-0.3, -0.25) is 4.79 Å². The number of hydrogen-bond donors (Lipinski definition) is 0. The fourth-order valence-corrected chi connectivity index (χ4v) is 0.721. The van der Waals surface area contributed by atoms with Gasteiger partial charge in [-0.1, -0.05) is 12.8 Å². The third kappa shape index (κ3) is 4.86. The van der Waals surface area contributed by atoms with Crippen molar-refractivity contribution in [1.82, 2.24) is 0 Å². The van der Waals surface area contributed by atoms with E-state index < -0.39 is 0 Å². The average Bonchev–Trinajstić information content (AvgIpc) is 2.00. The summed E-state index contributed by atoms with van der Waals surface area (Å²) in [4.78, 5) is 13.5. The van der Waals surface area contributed by atoms with Crippen molar-refractivity contribution in [2.75, 3.05) is 6.61 Å². The quantitative estimate of drug-likeness (QED) is 0.535. The van der Waals surface area contributed by atoms with Gasteiger partial charge in [-0.15, -0.1) is 0 Å². The van der Waals surface area contributed by atoms with Crippen LogP contribution < -0.4 is 0 Å². The molecule has 0 amide bonds. The van der Waals surface area contributed by atoms with Crippen molar-refractivity contribution in [3.63, 3.8) is 0 Å². The highest BCUT2D eigenvalue weighted by Gasteiger charge is 2.11. The van der Waals surface area contributed by atoms with Crippen molar-refractivity contribution in [2.45, 2.75) is 20.3 Å². The van der Waals surface area contributed by atoms with Gasteiger partial charge in [0.05, 0.1) is 12.5 Å². The van der Waals surface area contributed by atoms with Crippen LogP contribution in [-0.4, -0.2) is 12.6 Å². The van der Waals surface area contributed by atoms with Gasteiger partial charge in [0, 0.05) is 22.4 Å². The molecule has 1 unspecified atom stereocenters. The molecule has 1 atom stereocenters. The first-order valence-electron chi connectivity index (χ1n) is 3.47. The van der Waals surface area contributed by atoms with Crippen molar-refractivity contribution >= 4 is 21.9 Å². The molecule has 0 aliphatic rings. The number of rotatable bonds is 3. The predicted molar refractivity (Wildman–Crippen MR) is 47.1 cm³/mol. The molecule has 0 bridgehead atoms. The third-order valence-corrected chi connectivity index (χ3v) is 1.44. The first-order valence-corrected chi connectivity index (χ1v) is 4.26. The third-order valence-electron chi connectivity index (χ3n) is 1.16. The molecule has 0 rings (SSSR count). The molecule has 0 aliphatic carbocycles. The molecule has 0 spiro atoms. The Morgan fingerprint density at radius 2 is 2.36 bits per heavy atom. The smallest absolute Gasteiger partial charge is 0.309 e. The molecule has 0 N–H and O–H groups in total. The van der Waals surface area contributed by atoms with Crippen LogP contribution in [0.5, 0.6) is 0 Å². The number of ether oxygens (including phenoxy) is 1. The van der Waals surface area contributed by atoms with Crippen LogP contribution in [0.15, 0.2) is 0 Å². The maximum atomic E-state index is 10.9.